The zero-order chi connectivity index (χ0) is 20.4. The van der Waals surface area contributed by atoms with Crippen LogP contribution in [0.5, 0.6) is 0 Å². The molecule has 0 saturated carbocycles. The zero-order valence-corrected chi connectivity index (χ0v) is 18.2. The first-order valence-electron chi connectivity index (χ1n) is 10.3. The lowest BCUT2D eigenvalue weighted by molar-refractivity contribution is 0.0627. The van der Waals surface area contributed by atoms with E-state index in [2.05, 4.69) is 52.7 Å². The SMILES string of the molecule is CCc1nc(CN2CCN(C(=O)c3ccc(-n4c(C)ccc4C)cc3)CC2)cs1. The molecule has 1 aliphatic heterocycles. The molecule has 0 N–H and O–H groups in total. The van der Waals surface area contributed by atoms with E-state index in [4.69, 9.17) is 0 Å². The second-order valence-corrected chi connectivity index (χ2v) is 8.60. The van der Waals surface area contributed by atoms with Crippen LogP contribution in [0.4, 0.5) is 0 Å². The normalized spacial score (nSPS) is 15.1. The number of piperazine rings is 1. The van der Waals surface area contributed by atoms with E-state index in [1.165, 1.54) is 16.4 Å². The Balaban J connectivity index is 1.36. The highest BCUT2D eigenvalue weighted by molar-refractivity contribution is 7.09. The fraction of sp³-hybridized carbons (Fsp3) is 0.391. The van der Waals surface area contributed by atoms with Crippen molar-refractivity contribution in [2.24, 2.45) is 0 Å². The summed E-state index contributed by atoms with van der Waals surface area (Å²) in [4.78, 5) is 21.9. The van der Waals surface area contributed by atoms with Gasteiger partial charge in [0, 0.05) is 60.7 Å². The van der Waals surface area contributed by atoms with Crippen molar-refractivity contribution in [2.75, 3.05) is 26.2 Å². The summed E-state index contributed by atoms with van der Waals surface area (Å²) in [6.45, 7) is 10.5. The molecule has 3 heterocycles. The third-order valence-electron chi connectivity index (χ3n) is 5.59. The molecular formula is C23H28N4OS. The predicted molar refractivity (Wildman–Crippen MR) is 118 cm³/mol. The fourth-order valence-corrected chi connectivity index (χ4v) is 4.67. The van der Waals surface area contributed by atoms with Crippen molar-refractivity contribution >= 4 is 17.2 Å². The van der Waals surface area contributed by atoms with Crippen molar-refractivity contribution in [3.05, 3.63) is 69.4 Å². The Kier molecular flexibility index (Phi) is 5.83. The topological polar surface area (TPSA) is 41.4 Å². The van der Waals surface area contributed by atoms with Crippen molar-refractivity contribution in [1.82, 2.24) is 19.4 Å². The van der Waals surface area contributed by atoms with Gasteiger partial charge in [0.05, 0.1) is 10.7 Å². The van der Waals surface area contributed by atoms with Gasteiger partial charge < -0.3 is 9.47 Å². The Morgan fingerprint density at radius 3 is 2.24 bits per heavy atom. The van der Waals surface area contributed by atoms with Gasteiger partial charge >= 0.3 is 0 Å². The molecule has 3 aromatic rings. The van der Waals surface area contributed by atoms with Crippen LogP contribution in [-0.4, -0.2) is 51.4 Å². The van der Waals surface area contributed by atoms with Crippen LogP contribution in [0.3, 0.4) is 0 Å². The third-order valence-corrected chi connectivity index (χ3v) is 6.63. The van der Waals surface area contributed by atoms with Crippen molar-refractivity contribution in [3.63, 3.8) is 0 Å². The Morgan fingerprint density at radius 2 is 1.66 bits per heavy atom. The molecule has 1 fully saturated rings. The third kappa shape index (κ3) is 4.28. The summed E-state index contributed by atoms with van der Waals surface area (Å²) in [6.07, 6.45) is 0.995. The first kappa shape index (κ1) is 19.9. The Bertz CT molecular complexity index is 961. The summed E-state index contributed by atoms with van der Waals surface area (Å²) < 4.78 is 2.20. The lowest BCUT2D eigenvalue weighted by Gasteiger charge is -2.34. The second kappa shape index (κ2) is 8.51. The lowest BCUT2D eigenvalue weighted by atomic mass is 10.1. The molecule has 0 spiro atoms. The van der Waals surface area contributed by atoms with E-state index in [-0.39, 0.29) is 5.91 Å². The molecule has 1 saturated heterocycles. The highest BCUT2D eigenvalue weighted by Crippen LogP contribution is 2.19. The number of nitrogens with zero attached hydrogens (tertiary/aromatic N) is 4. The molecule has 1 aromatic carbocycles. The van der Waals surface area contributed by atoms with Gasteiger partial charge in [-0.25, -0.2) is 4.98 Å². The molecular weight excluding hydrogens is 380 g/mol. The molecule has 5 nitrogen and oxygen atoms in total. The van der Waals surface area contributed by atoms with E-state index >= 15 is 0 Å². The monoisotopic (exact) mass is 408 g/mol. The maximum atomic E-state index is 12.9. The number of benzene rings is 1. The number of hydrogen-bond donors (Lipinski definition) is 0. The quantitative estimate of drug-likeness (QED) is 0.639. The van der Waals surface area contributed by atoms with Crippen LogP contribution in [0.2, 0.25) is 0 Å². The van der Waals surface area contributed by atoms with Crippen LogP contribution in [0.1, 0.15) is 39.4 Å². The summed E-state index contributed by atoms with van der Waals surface area (Å²) in [6, 6.07) is 12.2. The van der Waals surface area contributed by atoms with Gasteiger partial charge in [0.25, 0.3) is 5.91 Å². The van der Waals surface area contributed by atoms with Gasteiger partial charge in [-0.3, -0.25) is 9.69 Å². The van der Waals surface area contributed by atoms with E-state index in [9.17, 15) is 4.79 Å². The van der Waals surface area contributed by atoms with E-state index in [0.29, 0.717) is 0 Å². The van der Waals surface area contributed by atoms with E-state index in [1.807, 2.05) is 29.2 Å². The Labute approximate surface area is 176 Å². The van der Waals surface area contributed by atoms with E-state index in [0.717, 1.165) is 56.1 Å². The molecule has 0 aliphatic carbocycles. The van der Waals surface area contributed by atoms with E-state index < -0.39 is 0 Å². The van der Waals surface area contributed by atoms with Crippen LogP contribution in [-0.2, 0) is 13.0 Å². The van der Waals surface area contributed by atoms with Gasteiger partial charge in [0.1, 0.15) is 0 Å². The first-order valence-corrected chi connectivity index (χ1v) is 11.1. The summed E-state index contributed by atoms with van der Waals surface area (Å²) in [5.74, 6) is 0.124. The number of thiazole rings is 1. The summed E-state index contributed by atoms with van der Waals surface area (Å²) in [5.41, 5.74) is 5.41. The average molecular weight is 409 g/mol. The standard InChI is InChI=1S/C23H28N4OS/c1-4-22-24-20(16-29-22)15-25-11-13-26(14-12-25)23(28)19-7-9-21(10-8-19)27-17(2)5-6-18(27)3/h5-10,16H,4,11-15H2,1-3H3. The number of aryl methyl sites for hydroxylation is 3. The van der Waals surface area contributed by atoms with Crippen LogP contribution in [0.15, 0.2) is 41.8 Å². The van der Waals surface area contributed by atoms with Crippen molar-refractivity contribution in [2.45, 2.75) is 33.7 Å². The number of amides is 1. The molecule has 1 aliphatic rings. The number of carbonyl (C=O) groups excluding carboxylic acids is 1. The maximum Gasteiger partial charge on any atom is 0.253 e. The molecule has 0 unspecified atom stereocenters. The lowest BCUT2D eigenvalue weighted by Crippen LogP contribution is -2.48. The van der Waals surface area contributed by atoms with Crippen LogP contribution >= 0.6 is 11.3 Å². The Morgan fingerprint density at radius 1 is 1.00 bits per heavy atom. The van der Waals surface area contributed by atoms with Crippen molar-refractivity contribution in [3.8, 4) is 5.69 Å². The molecule has 6 heteroatoms. The highest BCUT2D eigenvalue weighted by Gasteiger charge is 2.22. The molecule has 0 radical (unpaired) electrons. The number of aromatic nitrogens is 2. The van der Waals surface area contributed by atoms with Crippen LogP contribution < -0.4 is 0 Å². The minimum atomic E-state index is 0.124. The average Bonchev–Trinajstić information content (AvgIpc) is 3.34. The zero-order valence-electron chi connectivity index (χ0n) is 17.4. The van der Waals surface area contributed by atoms with Gasteiger partial charge in [0.15, 0.2) is 0 Å². The minimum absolute atomic E-state index is 0.124. The van der Waals surface area contributed by atoms with Crippen molar-refractivity contribution in [1.29, 1.82) is 0 Å². The predicted octanol–water partition coefficient (Wildman–Crippen LogP) is 4.07. The smallest absolute Gasteiger partial charge is 0.253 e. The highest BCUT2D eigenvalue weighted by atomic mass is 32.1. The van der Waals surface area contributed by atoms with Gasteiger partial charge in [-0.1, -0.05) is 6.92 Å². The largest absolute Gasteiger partial charge is 0.336 e. The van der Waals surface area contributed by atoms with Crippen LogP contribution in [0.25, 0.3) is 5.69 Å². The fourth-order valence-electron chi connectivity index (χ4n) is 3.93. The van der Waals surface area contributed by atoms with Gasteiger partial charge in [-0.15, -0.1) is 11.3 Å². The summed E-state index contributed by atoms with van der Waals surface area (Å²) in [7, 11) is 0. The maximum absolute atomic E-state index is 12.9. The van der Waals surface area contributed by atoms with Crippen molar-refractivity contribution < 1.29 is 4.79 Å². The molecule has 2 aromatic heterocycles. The first-order chi connectivity index (χ1) is 14.0. The second-order valence-electron chi connectivity index (χ2n) is 7.65. The van der Waals surface area contributed by atoms with Crippen LogP contribution in [0, 0.1) is 13.8 Å². The summed E-state index contributed by atoms with van der Waals surface area (Å²) in [5, 5.41) is 3.36. The molecule has 4 rings (SSSR count). The molecule has 152 valence electrons. The number of carbonyl (C=O) groups is 1. The molecule has 0 bridgehead atoms. The Hall–Kier alpha value is -2.44. The molecule has 29 heavy (non-hydrogen) atoms. The summed E-state index contributed by atoms with van der Waals surface area (Å²) >= 11 is 1.74. The number of hydrogen-bond acceptors (Lipinski definition) is 4. The van der Waals surface area contributed by atoms with Gasteiger partial charge in [-0.2, -0.15) is 0 Å². The molecule has 1 amide bonds. The van der Waals surface area contributed by atoms with Gasteiger partial charge in [-0.05, 0) is 56.7 Å². The van der Waals surface area contributed by atoms with Gasteiger partial charge in [0.2, 0.25) is 0 Å². The minimum Gasteiger partial charge on any atom is -0.336 e. The number of rotatable bonds is 5. The van der Waals surface area contributed by atoms with E-state index in [1.54, 1.807) is 11.3 Å². The molecule has 0 atom stereocenters.